The van der Waals surface area contributed by atoms with Crippen molar-refractivity contribution in [2.45, 2.75) is 38.6 Å². The SMILES string of the molecule is Cc1ccc(C(=O)N2CCCC2CCCCl)cn1. The maximum atomic E-state index is 12.4. The topological polar surface area (TPSA) is 33.2 Å². The Kier molecular flexibility index (Phi) is 4.59. The second kappa shape index (κ2) is 6.19. The molecule has 1 amide bonds. The average Bonchev–Trinajstić information content (AvgIpc) is 2.84. The molecule has 4 heteroatoms. The molecule has 98 valence electrons. The minimum absolute atomic E-state index is 0.111. The number of alkyl halides is 1. The normalized spacial score (nSPS) is 19.2. The number of rotatable bonds is 4. The van der Waals surface area contributed by atoms with Crippen LogP contribution in [-0.4, -0.2) is 34.3 Å². The number of halogens is 1. The van der Waals surface area contributed by atoms with Crippen molar-refractivity contribution in [1.29, 1.82) is 0 Å². The number of carbonyl (C=O) groups excluding carboxylic acids is 1. The molecule has 1 atom stereocenters. The summed E-state index contributed by atoms with van der Waals surface area (Å²) in [5, 5.41) is 0. The zero-order valence-corrected chi connectivity index (χ0v) is 11.5. The Bertz CT molecular complexity index is 405. The molecule has 18 heavy (non-hydrogen) atoms. The average molecular weight is 267 g/mol. The zero-order valence-electron chi connectivity index (χ0n) is 10.7. The Labute approximate surface area is 113 Å². The molecule has 0 saturated carbocycles. The summed E-state index contributed by atoms with van der Waals surface area (Å²) in [4.78, 5) is 18.6. The summed E-state index contributed by atoms with van der Waals surface area (Å²) in [5.41, 5.74) is 1.63. The van der Waals surface area contributed by atoms with Crippen LogP contribution in [0.4, 0.5) is 0 Å². The van der Waals surface area contributed by atoms with Crippen molar-refractivity contribution >= 4 is 17.5 Å². The minimum atomic E-state index is 0.111. The van der Waals surface area contributed by atoms with Crippen molar-refractivity contribution in [2.75, 3.05) is 12.4 Å². The van der Waals surface area contributed by atoms with E-state index in [1.165, 1.54) is 0 Å². The number of aromatic nitrogens is 1. The predicted molar refractivity (Wildman–Crippen MR) is 73.0 cm³/mol. The monoisotopic (exact) mass is 266 g/mol. The summed E-state index contributed by atoms with van der Waals surface area (Å²) in [6.07, 6.45) is 5.85. The number of pyridine rings is 1. The van der Waals surface area contributed by atoms with Crippen molar-refractivity contribution in [3.05, 3.63) is 29.6 Å². The van der Waals surface area contributed by atoms with Crippen LogP contribution in [0.2, 0.25) is 0 Å². The van der Waals surface area contributed by atoms with E-state index in [0.717, 1.165) is 37.9 Å². The van der Waals surface area contributed by atoms with Crippen LogP contribution in [0.25, 0.3) is 0 Å². The third kappa shape index (κ3) is 3.02. The molecule has 0 bridgehead atoms. The highest BCUT2D eigenvalue weighted by Gasteiger charge is 2.28. The molecule has 1 fully saturated rings. The molecular formula is C14H19ClN2O. The summed E-state index contributed by atoms with van der Waals surface area (Å²) >= 11 is 5.73. The molecule has 1 aliphatic heterocycles. The van der Waals surface area contributed by atoms with Crippen molar-refractivity contribution in [3.8, 4) is 0 Å². The van der Waals surface area contributed by atoms with Crippen LogP contribution in [0.1, 0.15) is 41.7 Å². The van der Waals surface area contributed by atoms with Gasteiger partial charge in [0, 0.05) is 30.4 Å². The first-order valence-electron chi connectivity index (χ1n) is 6.52. The zero-order chi connectivity index (χ0) is 13.0. The van der Waals surface area contributed by atoms with Gasteiger partial charge in [0.2, 0.25) is 0 Å². The lowest BCUT2D eigenvalue weighted by atomic mass is 10.1. The molecule has 1 saturated heterocycles. The molecule has 2 rings (SSSR count). The highest BCUT2D eigenvalue weighted by molar-refractivity contribution is 6.17. The third-order valence-corrected chi connectivity index (χ3v) is 3.73. The van der Waals surface area contributed by atoms with Crippen LogP contribution in [0.15, 0.2) is 18.3 Å². The van der Waals surface area contributed by atoms with Gasteiger partial charge in [-0.2, -0.15) is 0 Å². The van der Waals surface area contributed by atoms with Gasteiger partial charge < -0.3 is 4.90 Å². The first-order chi connectivity index (χ1) is 8.72. The second-order valence-corrected chi connectivity index (χ2v) is 5.19. The van der Waals surface area contributed by atoms with Crippen molar-refractivity contribution in [2.24, 2.45) is 0 Å². The van der Waals surface area contributed by atoms with Crippen LogP contribution in [0.5, 0.6) is 0 Å². The molecule has 0 N–H and O–H groups in total. The predicted octanol–water partition coefficient (Wildman–Crippen LogP) is 3.01. The molecule has 2 heterocycles. The summed E-state index contributed by atoms with van der Waals surface area (Å²) < 4.78 is 0. The number of likely N-dealkylation sites (tertiary alicyclic amines) is 1. The molecule has 3 nitrogen and oxygen atoms in total. The van der Waals surface area contributed by atoms with Crippen LogP contribution in [0, 0.1) is 6.92 Å². The molecule has 0 aliphatic carbocycles. The summed E-state index contributed by atoms with van der Waals surface area (Å²) in [6, 6.07) is 4.11. The van der Waals surface area contributed by atoms with Gasteiger partial charge in [-0.1, -0.05) is 0 Å². The third-order valence-electron chi connectivity index (χ3n) is 3.47. The lowest BCUT2D eigenvalue weighted by molar-refractivity contribution is 0.0729. The van der Waals surface area contributed by atoms with Crippen molar-refractivity contribution in [1.82, 2.24) is 9.88 Å². The largest absolute Gasteiger partial charge is 0.336 e. The first kappa shape index (κ1) is 13.3. The maximum Gasteiger partial charge on any atom is 0.255 e. The van der Waals surface area contributed by atoms with E-state index in [4.69, 9.17) is 11.6 Å². The fourth-order valence-corrected chi connectivity index (χ4v) is 2.63. The summed E-state index contributed by atoms with van der Waals surface area (Å²) in [5.74, 6) is 0.782. The van der Waals surface area contributed by atoms with Crippen LogP contribution in [0.3, 0.4) is 0 Å². The van der Waals surface area contributed by atoms with Crippen molar-refractivity contribution in [3.63, 3.8) is 0 Å². The Morgan fingerprint density at radius 2 is 2.39 bits per heavy atom. The summed E-state index contributed by atoms with van der Waals surface area (Å²) in [7, 11) is 0. The number of nitrogens with zero attached hydrogens (tertiary/aromatic N) is 2. The van der Waals surface area contributed by atoms with E-state index >= 15 is 0 Å². The minimum Gasteiger partial charge on any atom is -0.336 e. The molecule has 1 aromatic rings. The molecule has 1 unspecified atom stereocenters. The Morgan fingerprint density at radius 1 is 1.56 bits per heavy atom. The molecule has 1 aromatic heterocycles. The van der Waals surface area contributed by atoms with Gasteiger partial charge in [0.1, 0.15) is 0 Å². The fraction of sp³-hybridized carbons (Fsp3) is 0.571. The van der Waals surface area contributed by atoms with E-state index < -0.39 is 0 Å². The van der Waals surface area contributed by atoms with Crippen LogP contribution < -0.4 is 0 Å². The number of amides is 1. The quantitative estimate of drug-likeness (QED) is 0.785. The van der Waals surface area contributed by atoms with E-state index in [2.05, 4.69) is 4.98 Å². The molecule has 0 spiro atoms. The van der Waals surface area contributed by atoms with Gasteiger partial charge in [-0.15, -0.1) is 11.6 Å². The van der Waals surface area contributed by atoms with Gasteiger partial charge in [-0.05, 0) is 44.7 Å². The van der Waals surface area contributed by atoms with E-state index in [1.807, 2.05) is 24.0 Å². The van der Waals surface area contributed by atoms with Crippen LogP contribution in [-0.2, 0) is 0 Å². The highest BCUT2D eigenvalue weighted by Crippen LogP contribution is 2.23. The standard InChI is InChI=1S/C14H19ClN2O/c1-11-6-7-12(10-16-11)14(18)17-9-3-5-13(17)4-2-8-15/h6-7,10,13H,2-5,8-9H2,1H3. The highest BCUT2D eigenvalue weighted by atomic mass is 35.5. The molecule has 0 radical (unpaired) electrons. The number of hydrogen-bond acceptors (Lipinski definition) is 2. The number of carbonyl (C=O) groups is 1. The lowest BCUT2D eigenvalue weighted by Gasteiger charge is -2.24. The maximum absolute atomic E-state index is 12.4. The van der Waals surface area contributed by atoms with Gasteiger partial charge in [-0.3, -0.25) is 9.78 Å². The van der Waals surface area contributed by atoms with E-state index in [9.17, 15) is 4.79 Å². The first-order valence-corrected chi connectivity index (χ1v) is 7.05. The van der Waals surface area contributed by atoms with Gasteiger partial charge in [0.15, 0.2) is 0 Å². The lowest BCUT2D eigenvalue weighted by Crippen LogP contribution is -2.35. The molecular weight excluding hydrogens is 248 g/mol. The second-order valence-electron chi connectivity index (χ2n) is 4.81. The smallest absolute Gasteiger partial charge is 0.255 e. The van der Waals surface area contributed by atoms with Gasteiger partial charge in [0.05, 0.1) is 5.56 Å². The summed E-state index contributed by atoms with van der Waals surface area (Å²) in [6.45, 7) is 2.78. The van der Waals surface area contributed by atoms with Crippen molar-refractivity contribution < 1.29 is 4.79 Å². The van der Waals surface area contributed by atoms with Gasteiger partial charge in [0.25, 0.3) is 5.91 Å². The van der Waals surface area contributed by atoms with E-state index in [-0.39, 0.29) is 5.91 Å². The molecule has 0 aromatic carbocycles. The van der Waals surface area contributed by atoms with Gasteiger partial charge >= 0.3 is 0 Å². The van der Waals surface area contributed by atoms with E-state index in [0.29, 0.717) is 17.5 Å². The number of aryl methyl sites for hydroxylation is 1. The fourth-order valence-electron chi connectivity index (χ4n) is 2.48. The Morgan fingerprint density at radius 3 is 3.06 bits per heavy atom. The Hall–Kier alpha value is -1.09. The Balaban J connectivity index is 2.05. The van der Waals surface area contributed by atoms with E-state index in [1.54, 1.807) is 6.20 Å². The number of hydrogen-bond donors (Lipinski definition) is 0. The van der Waals surface area contributed by atoms with Crippen LogP contribution >= 0.6 is 11.6 Å². The van der Waals surface area contributed by atoms with Gasteiger partial charge in [-0.25, -0.2) is 0 Å². The molecule has 1 aliphatic rings.